The van der Waals surface area contributed by atoms with Crippen LogP contribution in [-0.4, -0.2) is 46.9 Å². The SMILES string of the molecule is NC(=O)Nc1cc(Nc2nc(F)nc(F)n2)ccc1N=Nc1ccc(N=Nc2ccc(S(=O)(=O)O)cc2)cc1S(=O)(=O)O. The molecule has 1 aromatic heterocycles. The minimum atomic E-state index is -4.87. The molecule has 17 nitrogen and oxygen atoms in total. The number of hydrogen-bond acceptors (Lipinski definition) is 13. The number of carbonyl (C=O) groups is 1. The maximum Gasteiger partial charge on any atom is 0.316 e. The molecule has 4 rings (SSSR count). The first-order valence-electron chi connectivity index (χ1n) is 11.2. The smallest absolute Gasteiger partial charge is 0.316 e. The van der Waals surface area contributed by atoms with Gasteiger partial charge in [0.1, 0.15) is 16.3 Å². The summed E-state index contributed by atoms with van der Waals surface area (Å²) in [6.07, 6.45) is -2.76. The molecule has 0 aliphatic carbocycles. The molecule has 2 amide bonds. The number of hydrogen-bond donors (Lipinski definition) is 5. The van der Waals surface area contributed by atoms with Gasteiger partial charge in [-0.3, -0.25) is 9.11 Å². The summed E-state index contributed by atoms with van der Waals surface area (Å²) in [6.45, 7) is 0. The van der Waals surface area contributed by atoms with Crippen LogP contribution in [0.3, 0.4) is 0 Å². The summed E-state index contributed by atoms with van der Waals surface area (Å²) in [7, 11) is -9.29. The highest BCUT2D eigenvalue weighted by atomic mass is 32.2. The minimum absolute atomic E-state index is 0.0526. The number of primary amides is 1. The lowest BCUT2D eigenvalue weighted by molar-refractivity contribution is 0.259. The van der Waals surface area contributed by atoms with E-state index in [1.165, 1.54) is 36.4 Å². The number of carbonyl (C=O) groups excluding carboxylic acids is 1. The second kappa shape index (κ2) is 12.2. The molecule has 0 unspecified atom stereocenters. The number of benzene rings is 3. The van der Waals surface area contributed by atoms with Gasteiger partial charge in [-0.1, -0.05) is 0 Å². The fourth-order valence-electron chi connectivity index (χ4n) is 3.21. The van der Waals surface area contributed by atoms with Gasteiger partial charge in [-0.2, -0.15) is 50.8 Å². The van der Waals surface area contributed by atoms with Crippen LogP contribution in [0.2, 0.25) is 0 Å². The van der Waals surface area contributed by atoms with Gasteiger partial charge in [-0.05, 0) is 60.7 Å². The summed E-state index contributed by atoms with van der Waals surface area (Å²) in [5.41, 5.74) is 4.94. The Morgan fingerprint density at radius 2 is 1.33 bits per heavy atom. The van der Waals surface area contributed by atoms with Crippen molar-refractivity contribution in [3.8, 4) is 0 Å². The predicted octanol–water partition coefficient (Wildman–Crippen LogP) is 4.71. The van der Waals surface area contributed by atoms with Crippen molar-refractivity contribution in [1.29, 1.82) is 0 Å². The van der Waals surface area contributed by atoms with Crippen LogP contribution in [0.1, 0.15) is 0 Å². The molecular formula is C22H16F2N10O7S2. The molecule has 0 bridgehead atoms. The summed E-state index contributed by atoms with van der Waals surface area (Å²) < 4.78 is 91.7. The molecule has 0 aliphatic heterocycles. The molecule has 222 valence electrons. The molecule has 0 aliphatic rings. The van der Waals surface area contributed by atoms with E-state index in [2.05, 4.69) is 46.0 Å². The number of azo groups is 2. The van der Waals surface area contributed by atoms with Crippen LogP contribution in [0.4, 0.5) is 53.6 Å². The van der Waals surface area contributed by atoms with Crippen LogP contribution in [0.25, 0.3) is 0 Å². The monoisotopic (exact) mass is 634 g/mol. The highest BCUT2D eigenvalue weighted by Crippen LogP contribution is 2.34. The van der Waals surface area contributed by atoms with Crippen molar-refractivity contribution < 1.29 is 39.5 Å². The van der Waals surface area contributed by atoms with Crippen molar-refractivity contribution in [3.63, 3.8) is 0 Å². The largest absolute Gasteiger partial charge is 0.351 e. The summed E-state index contributed by atoms with van der Waals surface area (Å²) in [5, 5.41) is 20.2. The lowest BCUT2D eigenvalue weighted by Gasteiger charge is -2.10. The van der Waals surface area contributed by atoms with Gasteiger partial charge in [0.15, 0.2) is 0 Å². The molecule has 4 aromatic rings. The predicted molar refractivity (Wildman–Crippen MR) is 144 cm³/mol. The number of nitrogens with two attached hydrogens (primary N) is 1. The van der Waals surface area contributed by atoms with Gasteiger partial charge in [-0.25, -0.2) is 4.79 Å². The van der Waals surface area contributed by atoms with Crippen molar-refractivity contribution in [3.05, 3.63) is 72.8 Å². The Balaban J connectivity index is 1.63. The Kier molecular flexibility index (Phi) is 8.70. The quantitative estimate of drug-likeness (QED) is 0.124. The van der Waals surface area contributed by atoms with E-state index in [9.17, 15) is 35.0 Å². The molecule has 0 saturated heterocycles. The molecule has 21 heteroatoms. The standard InChI is InChI=1S/C22H16F2N10O7S2/c23-19-28-20(24)30-22(29-19)26-12-3-7-15(17(9-12)27-21(25)35)33-34-16-8-4-13(10-18(16)43(39,40)41)32-31-11-1-5-14(6-2-11)42(36,37)38/h1-10H,(H3,25,27,35)(H,36,37,38)(H,39,40,41)(H,26,28,29,30). The maximum atomic E-state index is 13.3. The van der Waals surface area contributed by atoms with E-state index in [0.717, 1.165) is 24.3 Å². The van der Waals surface area contributed by atoms with Crippen LogP contribution in [0, 0.1) is 12.2 Å². The van der Waals surface area contributed by atoms with E-state index in [0.29, 0.717) is 0 Å². The fraction of sp³-hybridized carbons (Fsp3) is 0. The summed E-state index contributed by atoms with van der Waals surface area (Å²) in [6, 6.07) is 10.8. The van der Waals surface area contributed by atoms with Crippen LogP contribution in [-0.2, 0) is 20.2 Å². The average molecular weight is 635 g/mol. The Labute approximate surface area is 240 Å². The molecule has 6 N–H and O–H groups in total. The molecule has 1 heterocycles. The Bertz CT molecular complexity index is 1970. The molecule has 0 radical (unpaired) electrons. The van der Waals surface area contributed by atoms with Gasteiger partial charge in [0, 0.05) is 5.69 Å². The average Bonchev–Trinajstić information content (AvgIpc) is 2.90. The maximum absolute atomic E-state index is 13.3. The van der Waals surface area contributed by atoms with E-state index >= 15 is 0 Å². The zero-order valence-corrected chi connectivity index (χ0v) is 22.6. The summed E-state index contributed by atoms with van der Waals surface area (Å²) in [4.78, 5) is 19.8. The number of nitrogens with one attached hydrogen (secondary N) is 2. The van der Waals surface area contributed by atoms with Crippen LogP contribution >= 0.6 is 0 Å². The normalized spacial score (nSPS) is 12.1. The Morgan fingerprint density at radius 1 is 0.744 bits per heavy atom. The lowest BCUT2D eigenvalue weighted by atomic mass is 10.2. The van der Waals surface area contributed by atoms with Gasteiger partial charge in [0.25, 0.3) is 20.2 Å². The van der Waals surface area contributed by atoms with Gasteiger partial charge < -0.3 is 16.4 Å². The van der Waals surface area contributed by atoms with E-state index in [-0.39, 0.29) is 39.0 Å². The van der Waals surface area contributed by atoms with Crippen molar-refractivity contribution in [2.24, 2.45) is 26.2 Å². The first kappa shape index (κ1) is 30.6. The van der Waals surface area contributed by atoms with E-state index in [1.54, 1.807) is 0 Å². The number of anilines is 3. The summed E-state index contributed by atoms with van der Waals surface area (Å²) >= 11 is 0. The molecule has 0 spiro atoms. The molecular weight excluding hydrogens is 618 g/mol. The molecule has 0 saturated carbocycles. The zero-order valence-electron chi connectivity index (χ0n) is 21.0. The van der Waals surface area contributed by atoms with Crippen LogP contribution in [0.15, 0.2) is 90.9 Å². The number of halogens is 2. The highest BCUT2D eigenvalue weighted by molar-refractivity contribution is 7.86. The number of nitrogens with zero attached hydrogens (tertiary/aromatic N) is 7. The minimum Gasteiger partial charge on any atom is -0.351 e. The van der Waals surface area contributed by atoms with Crippen molar-refractivity contribution in [2.75, 3.05) is 10.6 Å². The molecule has 0 atom stereocenters. The van der Waals surface area contributed by atoms with Gasteiger partial charge in [0.2, 0.25) is 5.95 Å². The van der Waals surface area contributed by atoms with Crippen molar-refractivity contribution in [1.82, 2.24) is 15.0 Å². The fourth-order valence-corrected chi connectivity index (χ4v) is 4.33. The summed E-state index contributed by atoms with van der Waals surface area (Å²) in [5.74, 6) is -0.491. The van der Waals surface area contributed by atoms with Gasteiger partial charge in [-0.15, -0.1) is 10.2 Å². The number of urea groups is 1. The van der Waals surface area contributed by atoms with Crippen LogP contribution in [0.5, 0.6) is 0 Å². The van der Waals surface area contributed by atoms with Gasteiger partial charge >= 0.3 is 18.2 Å². The lowest BCUT2D eigenvalue weighted by Crippen LogP contribution is -2.19. The molecule has 0 fully saturated rings. The first-order chi connectivity index (χ1) is 20.2. The number of rotatable bonds is 9. The van der Waals surface area contributed by atoms with E-state index < -0.39 is 49.3 Å². The second-order valence-corrected chi connectivity index (χ2v) is 10.9. The third-order valence-electron chi connectivity index (χ3n) is 4.99. The topological polar surface area (TPSA) is 264 Å². The van der Waals surface area contributed by atoms with Crippen molar-refractivity contribution in [2.45, 2.75) is 9.79 Å². The molecule has 3 aromatic carbocycles. The second-order valence-electron chi connectivity index (χ2n) is 8.04. The highest BCUT2D eigenvalue weighted by Gasteiger charge is 2.17. The van der Waals surface area contributed by atoms with E-state index in [4.69, 9.17) is 10.3 Å². The number of amides is 2. The van der Waals surface area contributed by atoms with Crippen molar-refractivity contribution >= 4 is 66.3 Å². The first-order valence-corrected chi connectivity index (χ1v) is 14.1. The third kappa shape index (κ3) is 8.32. The van der Waals surface area contributed by atoms with Crippen LogP contribution < -0.4 is 16.4 Å². The van der Waals surface area contributed by atoms with Gasteiger partial charge in [0.05, 0.1) is 22.0 Å². The Morgan fingerprint density at radius 3 is 1.93 bits per heavy atom. The zero-order chi connectivity index (χ0) is 31.4. The molecule has 43 heavy (non-hydrogen) atoms. The third-order valence-corrected chi connectivity index (χ3v) is 6.74. The number of aromatic nitrogens is 3. The van der Waals surface area contributed by atoms with E-state index in [1.807, 2.05) is 0 Å². The Hall–Kier alpha value is -5.38.